The third-order valence-electron chi connectivity index (χ3n) is 7.31. The molecule has 2 saturated heterocycles. The molecule has 2 aliphatic heterocycles. The summed E-state index contributed by atoms with van der Waals surface area (Å²) in [4.78, 5) is 33.6. The molecule has 3 aromatic rings. The number of aromatic nitrogens is 4. The smallest absolute Gasteiger partial charge is 0.227 e. The number of carbonyl (C=O) groups is 1. The van der Waals surface area contributed by atoms with Crippen LogP contribution in [-0.4, -0.2) is 75.5 Å². The first-order valence-electron chi connectivity index (χ1n) is 12.1. The topological polar surface area (TPSA) is 81.9 Å². The second-order valence-corrected chi connectivity index (χ2v) is 10.8. The lowest BCUT2D eigenvalue weighted by atomic mass is 9.95. The first-order valence-corrected chi connectivity index (χ1v) is 12.5. The molecule has 0 aromatic carbocycles. The minimum atomic E-state index is -0.563. The number of nitrogens with zero attached hydrogens (tertiary/aromatic N) is 7. The van der Waals surface area contributed by atoms with E-state index in [1.165, 1.54) is 0 Å². The van der Waals surface area contributed by atoms with Gasteiger partial charge in [-0.25, -0.2) is 9.97 Å². The summed E-state index contributed by atoms with van der Waals surface area (Å²) in [5, 5.41) is 3.72. The van der Waals surface area contributed by atoms with Crippen molar-refractivity contribution in [2.75, 3.05) is 43.0 Å². The van der Waals surface area contributed by atoms with Crippen LogP contribution in [0.1, 0.15) is 33.4 Å². The van der Waals surface area contributed by atoms with Crippen molar-refractivity contribution in [2.45, 2.75) is 45.3 Å². The molecule has 0 bridgehead atoms. The Hall–Kier alpha value is -2.91. The zero-order valence-corrected chi connectivity index (χ0v) is 21.7. The second kappa shape index (κ2) is 8.95. The molecule has 0 unspecified atom stereocenters. The Labute approximate surface area is 211 Å². The molecular weight excluding hydrogens is 464 g/mol. The van der Waals surface area contributed by atoms with Gasteiger partial charge in [0.2, 0.25) is 11.9 Å². The van der Waals surface area contributed by atoms with Crippen LogP contribution in [0.4, 0.5) is 11.8 Å². The normalized spacial score (nSPS) is 21.9. The number of imidazole rings is 1. The lowest BCUT2D eigenvalue weighted by Crippen LogP contribution is -2.57. The van der Waals surface area contributed by atoms with Crippen molar-refractivity contribution in [3.05, 3.63) is 47.5 Å². The molecule has 5 rings (SSSR count). The van der Waals surface area contributed by atoms with Crippen LogP contribution in [-0.2, 0) is 10.3 Å². The summed E-state index contributed by atoms with van der Waals surface area (Å²) in [5.74, 6) is 1.27. The molecule has 2 atom stereocenters. The van der Waals surface area contributed by atoms with Crippen LogP contribution in [0.2, 0.25) is 5.02 Å². The number of amides is 1. The summed E-state index contributed by atoms with van der Waals surface area (Å²) >= 11 is 6.48. The molecule has 1 amide bonds. The molecule has 10 heteroatoms. The number of halogens is 1. The van der Waals surface area contributed by atoms with E-state index < -0.39 is 5.54 Å². The van der Waals surface area contributed by atoms with E-state index in [9.17, 15) is 4.79 Å². The minimum Gasteiger partial charge on any atom is -0.353 e. The molecule has 2 aliphatic rings. The van der Waals surface area contributed by atoms with Crippen LogP contribution in [0.25, 0.3) is 5.65 Å². The number of fused-ring (bicyclic) bond motifs is 1. The fourth-order valence-corrected chi connectivity index (χ4v) is 5.18. The SMILES string of the molecule is C[C@H]1CN(c2ncc(Cl)c(N3CC(C(=O)NC(C)(C)c4cnc5ccccn45)C3)n2)[C@@H](C)CN1C. The lowest BCUT2D eigenvalue weighted by Gasteiger charge is -2.43. The molecule has 0 spiro atoms. The highest BCUT2D eigenvalue weighted by Crippen LogP contribution is 2.32. The van der Waals surface area contributed by atoms with E-state index in [1.807, 2.05) is 48.8 Å². The summed E-state index contributed by atoms with van der Waals surface area (Å²) in [5.41, 5.74) is 1.24. The summed E-state index contributed by atoms with van der Waals surface area (Å²) in [6.07, 6.45) is 5.47. The van der Waals surface area contributed by atoms with Crippen LogP contribution in [0, 0.1) is 5.92 Å². The summed E-state index contributed by atoms with van der Waals surface area (Å²) in [6.45, 7) is 11.4. The Morgan fingerprint density at radius 2 is 1.86 bits per heavy atom. The van der Waals surface area contributed by atoms with Crippen molar-refractivity contribution in [3.63, 3.8) is 0 Å². The number of carbonyl (C=O) groups excluding carboxylic acids is 1. The third-order valence-corrected chi connectivity index (χ3v) is 7.58. The second-order valence-electron chi connectivity index (χ2n) is 10.4. The van der Waals surface area contributed by atoms with E-state index in [2.05, 4.69) is 50.9 Å². The van der Waals surface area contributed by atoms with Crippen molar-refractivity contribution in [2.24, 2.45) is 5.92 Å². The fourth-order valence-electron chi connectivity index (χ4n) is 4.97. The van der Waals surface area contributed by atoms with Gasteiger partial charge in [-0.1, -0.05) is 17.7 Å². The Kier molecular flexibility index (Phi) is 6.09. The van der Waals surface area contributed by atoms with Crippen molar-refractivity contribution in [1.29, 1.82) is 0 Å². The Balaban J connectivity index is 1.26. The molecule has 35 heavy (non-hydrogen) atoms. The summed E-state index contributed by atoms with van der Waals surface area (Å²) < 4.78 is 2.01. The van der Waals surface area contributed by atoms with E-state index in [4.69, 9.17) is 16.6 Å². The number of rotatable bonds is 5. The number of hydrogen-bond donors (Lipinski definition) is 1. The van der Waals surface area contributed by atoms with Crippen LogP contribution in [0.3, 0.4) is 0 Å². The maximum Gasteiger partial charge on any atom is 0.227 e. The molecule has 0 aliphatic carbocycles. The number of hydrogen-bond acceptors (Lipinski definition) is 7. The molecular formula is C25H33ClN8O. The molecule has 3 aromatic heterocycles. The van der Waals surface area contributed by atoms with Gasteiger partial charge < -0.3 is 19.5 Å². The Morgan fingerprint density at radius 3 is 2.63 bits per heavy atom. The van der Waals surface area contributed by atoms with Crippen molar-refractivity contribution < 1.29 is 4.79 Å². The quantitative estimate of drug-likeness (QED) is 0.581. The van der Waals surface area contributed by atoms with E-state index in [-0.39, 0.29) is 11.8 Å². The maximum atomic E-state index is 13.1. The van der Waals surface area contributed by atoms with Gasteiger partial charge in [0.05, 0.1) is 29.5 Å². The molecule has 9 nitrogen and oxygen atoms in total. The van der Waals surface area contributed by atoms with Crippen molar-refractivity contribution >= 4 is 34.9 Å². The lowest BCUT2D eigenvalue weighted by molar-refractivity contribution is -0.127. The van der Waals surface area contributed by atoms with E-state index in [0.29, 0.717) is 42.0 Å². The number of piperazine rings is 1. The fraction of sp³-hybridized carbons (Fsp3) is 0.520. The van der Waals surface area contributed by atoms with Gasteiger partial charge in [0, 0.05) is 44.5 Å². The molecule has 5 heterocycles. The molecule has 1 N–H and O–H groups in total. The molecule has 0 saturated carbocycles. The van der Waals surface area contributed by atoms with Crippen LogP contribution >= 0.6 is 11.6 Å². The van der Waals surface area contributed by atoms with Crippen LogP contribution < -0.4 is 15.1 Å². The zero-order valence-electron chi connectivity index (χ0n) is 20.9. The van der Waals surface area contributed by atoms with Crippen LogP contribution in [0.5, 0.6) is 0 Å². The average molecular weight is 497 g/mol. The first kappa shape index (κ1) is 23.8. The zero-order chi connectivity index (χ0) is 24.9. The van der Waals surface area contributed by atoms with Gasteiger partial charge in [0.15, 0.2) is 5.82 Å². The van der Waals surface area contributed by atoms with Gasteiger partial charge >= 0.3 is 0 Å². The van der Waals surface area contributed by atoms with E-state index >= 15 is 0 Å². The Bertz CT molecular complexity index is 1240. The molecule has 2 fully saturated rings. The van der Waals surface area contributed by atoms with Gasteiger partial charge in [0.1, 0.15) is 10.7 Å². The molecule has 186 valence electrons. The van der Waals surface area contributed by atoms with Gasteiger partial charge in [-0.2, -0.15) is 4.98 Å². The van der Waals surface area contributed by atoms with Crippen LogP contribution in [0.15, 0.2) is 36.8 Å². The highest BCUT2D eigenvalue weighted by molar-refractivity contribution is 6.32. The predicted molar refractivity (Wildman–Crippen MR) is 138 cm³/mol. The number of nitrogens with one attached hydrogen (secondary N) is 1. The maximum absolute atomic E-state index is 13.1. The molecule has 0 radical (unpaired) electrons. The monoisotopic (exact) mass is 496 g/mol. The van der Waals surface area contributed by atoms with E-state index in [1.54, 1.807) is 6.20 Å². The van der Waals surface area contributed by atoms with Crippen molar-refractivity contribution in [1.82, 2.24) is 29.6 Å². The van der Waals surface area contributed by atoms with E-state index in [0.717, 1.165) is 24.4 Å². The summed E-state index contributed by atoms with van der Waals surface area (Å²) in [6, 6.07) is 6.59. The van der Waals surface area contributed by atoms with Gasteiger partial charge in [0.25, 0.3) is 0 Å². The summed E-state index contributed by atoms with van der Waals surface area (Å²) in [7, 11) is 2.15. The predicted octanol–water partition coefficient (Wildman–Crippen LogP) is 2.79. The minimum absolute atomic E-state index is 0.0176. The number of pyridine rings is 1. The number of likely N-dealkylation sites (N-methyl/N-ethyl adjacent to an activating group) is 1. The van der Waals surface area contributed by atoms with Crippen molar-refractivity contribution in [3.8, 4) is 0 Å². The van der Waals surface area contributed by atoms with Gasteiger partial charge in [-0.15, -0.1) is 0 Å². The highest BCUT2D eigenvalue weighted by Gasteiger charge is 2.38. The average Bonchev–Trinajstić information content (AvgIpc) is 3.21. The van der Waals surface area contributed by atoms with Gasteiger partial charge in [-0.05, 0) is 46.9 Å². The largest absolute Gasteiger partial charge is 0.353 e. The highest BCUT2D eigenvalue weighted by atomic mass is 35.5. The standard InChI is InChI=1S/C25H33ClN8O/c1-16-13-34(17(2)12-31(16)5)24-28-10-19(26)22(29-24)32-14-18(15-32)23(35)30-25(3,4)20-11-27-21-8-6-7-9-33(20)21/h6-11,16-18H,12-15H2,1-5H3,(H,30,35)/t16-,17-/m0/s1. The first-order chi connectivity index (χ1) is 16.6. The van der Waals surface area contributed by atoms with Gasteiger partial charge in [-0.3, -0.25) is 9.69 Å². The number of anilines is 2. The third kappa shape index (κ3) is 4.43. The Morgan fingerprint density at radius 1 is 1.09 bits per heavy atom.